The first kappa shape index (κ1) is 49.1. The number of carbonyl (C=O) groups is 4. The number of carbonyl (C=O) groups excluding carboxylic acids is 4. The van der Waals surface area contributed by atoms with Gasteiger partial charge in [0.25, 0.3) is 11.8 Å². The van der Waals surface area contributed by atoms with Crippen LogP contribution in [0.2, 0.25) is 0 Å². The Morgan fingerprint density at radius 3 is 2.27 bits per heavy atom. The summed E-state index contributed by atoms with van der Waals surface area (Å²) in [5.41, 5.74) is 2.27. The topological polar surface area (TPSA) is 146 Å². The molecule has 1 atom stereocenters. The molecule has 0 bridgehead atoms. The normalized spacial score (nSPS) is 25.3. The minimum atomic E-state index is -4.61. The van der Waals surface area contributed by atoms with Gasteiger partial charge in [-0.05, 0) is 135 Å². The van der Waals surface area contributed by atoms with Crippen molar-refractivity contribution < 1.29 is 46.2 Å². The summed E-state index contributed by atoms with van der Waals surface area (Å²) in [6, 6.07) is 13.0. The lowest BCUT2D eigenvalue weighted by atomic mass is 9.71. The number of anilines is 2. The summed E-state index contributed by atoms with van der Waals surface area (Å²) in [6.45, 7) is 7.21. The maximum Gasteiger partial charge on any atom is 0.416 e. The van der Waals surface area contributed by atoms with Gasteiger partial charge in [-0.3, -0.25) is 29.4 Å². The third-order valence-electron chi connectivity index (χ3n) is 17.8. The predicted octanol–water partition coefficient (Wildman–Crippen LogP) is 6.55. The minimum absolute atomic E-state index is 0.00585. The molecule has 8 heterocycles. The number of amides is 4. The van der Waals surface area contributed by atoms with Crippen molar-refractivity contribution >= 4 is 35.0 Å². The summed E-state index contributed by atoms with van der Waals surface area (Å²) in [6.07, 6.45) is 6.27. The lowest BCUT2D eigenvalue weighted by Gasteiger charge is -2.54. The molecular formula is C55H63F4N9O6. The lowest BCUT2D eigenvalue weighted by molar-refractivity contribution is -0.138. The predicted molar refractivity (Wildman–Crippen MR) is 263 cm³/mol. The fourth-order valence-electron chi connectivity index (χ4n) is 13.5. The molecule has 392 valence electrons. The van der Waals surface area contributed by atoms with Gasteiger partial charge >= 0.3 is 6.18 Å². The Balaban J connectivity index is 0.589. The highest BCUT2D eigenvalue weighted by molar-refractivity contribution is 6.10. The maximum absolute atomic E-state index is 16.0. The van der Waals surface area contributed by atoms with Crippen molar-refractivity contribution in [2.45, 2.75) is 120 Å². The summed E-state index contributed by atoms with van der Waals surface area (Å²) in [5.74, 6) is -0.687. The number of aromatic nitrogens is 3. The van der Waals surface area contributed by atoms with Gasteiger partial charge in [-0.1, -0.05) is 12.1 Å². The van der Waals surface area contributed by atoms with E-state index in [9.17, 15) is 32.3 Å². The Morgan fingerprint density at radius 1 is 0.824 bits per heavy atom. The zero-order chi connectivity index (χ0) is 51.1. The number of benzene rings is 3. The molecule has 8 aliphatic rings. The lowest BCUT2D eigenvalue weighted by Crippen LogP contribution is -2.60. The highest BCUT2D eigenvalue weighted by Gasteiger charge is 2.47. The van der Waals surface area contributed by atoms with Crippen molar-refractivity contribution in [2.24, 2.45) is 18.4 Å². The molecule has 0 radical (unpaired) electrons. The zero-order valence-corrected chi connectivity index (χ0v) is 41.8. The Labute approximate surface area is 427 Å². The molecule has 1 unspecified atom stereocenters. The molecule has 4 amide bonds. The number of alkyl halides is 3. The average molecular weight is 1020 g/mol. The molecule has 4 aromatic rings. The first-order chi connectivity index (χ1) is 35.6. The monoisotopic (exact) mass is 1020 g/mol. The first-order valence-corrected chi connectivity index (χ1v) is 26.5. The van der Waals surface area contributed by atoms with Crippen molar-refractivity contribution in [3.05, 3.63) is 105 Å². The Bertz CT molecular complexity index is 2860. The molecule has 1 aromatic heterocycles. The van der Waals surface area contributed by atoms with Crippen LogP contribution in [-0.2, 0) is 63.8 Å². The number of aryl methyl sites for hydroxylation is 1. The van der Waals surface area contributed by atoms with Crippen molar-refractivity contribution in [2.75, 3.05) is 68.8 Å². The van der Waals surface area contributed by atoms with Gasteiger partial charge in [0, 0.05) is 87.0 Å². The Morgan fingerprint density at radius 2 is 1.58 bits per heavy atom. The SMILES string of the molecule is Cn1cnnc1CC1(c2cccc(N3Cc4c(cc(CN5CC6(CCN(CC7CCC(OC8CCN(c9ccc%10c(c9F)CN(C9CCC(=O)NC9=O)C%10=O)CC8)CC7)CC6)C5)cc4C(F)(F)F)C3=O)c2)COC1. The number of piperidine rings is 3. The quantitative estimate of drug-likeness (QED) is 0.122. The van der Waals surface area contributed by atoms with Crippen LogP contribution in [0.25, 0.3) is 0 Å². The van der Waals surface area contributed by atoms with E-state index in [1.807, 2.05) is 34.7 Å². The minimum Gasteiger partial charge on any atom is -0.379 e. The second-order valence-corrected chi connectivity index (χ2v) is 22.7. The van der Waals surface area contributed by atoms with E-state index in [0.29, 0.717) is 67.7 Å². The second kappa shape index (κ2) is 19.1. The van der Waals surface area contributed by atoms with Gasteiger partial charge in [0.15, 0.2) is 5.82 Å². The van der Waals surface area contributed by atoms with Crippen LogP contribution in [-0.4, -0.2) is 130 Å². The van der Waals surface area contributed by atoms with Crippen molar-refractivity contribution in [3.8, 4) is 0 Å². The smallest absolute Gasteiger partial charge is 0.379 e. The van der Waals surface area contributed by atoms with Gasteiger partial charge in [-0.25, -0.2) is 4.39 Å². The van der Waals surface area contributed by atoms with Gasteiger partial charge in [0.05, 0.1) is 49.8 Å². The molecule has 6 fully saturated rings. The second-order valence-electron chi connectivity index (χ2n) is 22.7. The molecule has 15 nitrogen and oxygen atoms in total. The zero-order valence-electron chi connectivity index (χ0n) is 41.8. The number of imide groups is 1. The number of halogens is 4. The number of fused-ring (bicyclic) bond motifs is 2. The van der Waals surface area contributed by atoms with Crippen LogP contribution in [0.5, 0.6) is 0 Å². The van der Waals surface area contributed by atoms with Gasteiger partial charge in [0.1, 0.15) is 18.2 Å². The van der Waals surface area contributed by atoms with E-state index >= 15 is 4.39 Å². The van der Waals surface area contributed by atoms with Crippen molar-refractivity contribution in [1.29, 1.82) is 0 Å². The molecule has 1 spiro atoms. The molecule has 5 saturated heterocycles. The van der Waals surface area contributed by atoms with Crippen LogP contribution in [0.1, 0.15) is 119 Å². The number of likely N-dealkylation sites (tertiary alicyclic amines) is 2. The standard InChI is InChI=1S/C55H63F4N9O6/c1-63-33-60-62-47(63)24-54(31-73-32-54)36-3-2-4-37(23-36)67-27-42-41(52(67)72)21-35(22-44(42)55(57,58)59)26-65-29-53(30-65)15-19-64(20-16-53)25-34-5-7-38(8-6-34)74-39-13-17-66(18-14-39)45-10-9-40-43(49(45)56)28-68(51(40)71)46-11-12-48(69)61-50(46)70/h2-4,9-10,21-23,33-34,38-39,46H,5-8,11-20,24-32H2,1H3,(H,61,69,70). The van der Waals surface area contributed by atoms with Gasteiger partial charge in [-0.15, -0.1) is 10.2 Å². The molecular weight excluding hydrogens is 959 g/mol. The number of hydrogen-bond acceptors (Lipinski definition) is 11. The number of nitrogens with zero attached hydrogens (tertiary/aromatic N) is 8. The fraction of sp³-hybridized carbons (Fsp3) is 0.564. The molecule has 1 N–H and O–H groups in total. The summed E-state index contributed by atoms with van der Waals surface area (Å²) in [7, 11) is 1.88. The average Bonchev–Trinajstić information content (AvgIpc) is 4.04. The van der Waals surface area contributed by atoms with Gasteiger partial charge in [0.2, 0.25) is 11.8 Å². The highest BCUT2D eigenvalue weighted by atomic mass is 19.4. The summed E-state index contributed by atoms with van der Waals surface area (Å²) < 4.78 is 74.5. The van der Waals surface area contributed by atoms with Crippen LogP contribution >= 0.6 is 0 Å². The molecule has 7 aliphatic heterocycles. The molecule has 74 heavy (non-hydrogen) atoms. The number of rotatable bonds is 12. The van der Waals surface area contributed by atoms with Crippen LogP contribution in [0.15, 0.2) is 54.9 Å². The third-order valence-corrected chi connectivity index (χ3v) is 17.8. The van der Waals surface area contributed by atoms with Crippen molar-refractivity contribution in [3.63, 3.8) is 0 Å². The molecule has 1 saturated carbocycles. The summed E-state index contributed by atoms with van der Waals surface area (Å²) in [4.78, 5) is 61.1. The van der Waals surface area contributed by atoms with E-state index in [4.69, 9.17) is 9.47 Å². The van der Waals surface area contributed by atoms with E-state index in [1.54, 1.807) is 30.6 Å². The van der Waals surface area contributed by atoms with E-state index in [1.165, 1.54) is 15.9 Å². The number of nitrogens with one attached hydrogen (secondary N) is 1. The van der Waals surface area contributed by atoms with E-state index < -0.39 is 35.4 Å². The van der Waals surface area contributed by atoms with Crippen LogP contribution < -0.4 is 15.1 Å². The Kier molecular flexibility index (Phi) is 12.7. The van der Waals surface area contributed by atoms with E-state index in [0.717, 1.165) is 95.5 Å². The highest BCUT2D eigenvalue weighted by Crippen LogP contribution is 2.45. The first-order valence-electron chi connectivity index (χ1n) is 26.5. The number of hydrogen-bond donors (Lipinski definition) is 1. The van der Waals surface area contributed by atoms with Crippen molar-refractivity contribution in [1.82, 2.24) is 34.8 Å². The van der Waals surface area contributed by atoms with Crippen LogP contribution in [0, 0.1) is 17.2 Å². The van der Waals surface area contributed by atoms with E-state index in [-0.39, 0.29) is 77.5 Å². The number of ether oxygens (including phenoxy) is 2. The summed E-state index contributed by atoms with van der Waals surface area (Å²) >= 11 is 0. The third kappa shape index (κ3) is 9.18. The molecule has 12 rings (SSSR count). The fourth-order valence-corrected chi connectivity index (χ4v) is 13.5. The summed E-state index contributed by atoms with van der Waals surface area (Å²) in [5, 5.41) is 10.6. The maximum atomic E-state index is 16.0. The van der Waals surface area contributed by atoms with Gasteiger partial charge < -0.3 is 33.6 Å². The molecule has 19 heteroatoms. The molecule has 3 aromatic carbocycles. The Hall–Kier alpha value is -5.76. The van der Waals surface area contributed by atoms with Gasteiger partial charge in [-0.2, -0.15) is 13.2 Å². The largest absolute Gasteiger partial charge is 0.416 e. The van der Waals surface area contributed by atoms with Crippen LogP contribution in [0.4, 0.5) is 28.9 Å². The van der Waals surface area contributed by atoms with E-state index in [2.05, 4.69) is 25.3 Å². The van der Waals surface area contributed by atoms with Crippen LogP contribution in [0.3, 0.4) is 0 Å². The molecule has 1 aliphatic carbocycles.